The molecule has 1 unspecified atom stereocenters. The molecule has 0 aliphatic carbocycles. The van der Waals surface area contributed by atoms with E-state index in [1.54, 1.807) is 13.8 Å². The Morgan fingerprint density at radius 1 is 0.946 bits per heavy atom. The van der Waals surface area contributed by atoms with Gasteiger partial charge in [0, 0.05) is 37.3 Å². The fourth-order valence-corrected chi connectivity index (χ4v) is 3.54. The lowest BCUT2D eigenvalue weighted by Crippen LogP contribution is -2.54. The lowest BCUT2D eigenvalue weighted by atomic mass is 10.0. The number of anilines is 2. The van der Waals surface area contributed by atoms with Gasteiger partial charge in [-0.3, -0.25) is 24.0 Å². The molecule has 2 rings (SSSR count). The Hall–Kier alpha value is -4.26. The minimum Gasteiger partial charge on any atom is -0.352 e. The maximum Gasteiger partial charge on any atom is 0.312 e. The van der Waals surface area contributed by atoms with Crippen LogP contribution in [-0.4, -0.2) is 60.7 Å². The van der Waals surface area contributed by atoms with Crippen LogP contribution >= 0.6 is 0 Å². The van der Waals surface area contributed by atoms with Crippen LogP contribution in [0.1, 0.15) is 33.1 Å². The monoisotopic (exact) mass is 515 g/mol. The second-order valence-corrected chi connectivity index (χ2v) is 8.70. The molecule has 0 saturated heterocycles. The number of benzene rings is 1. The second-order valence-electron chi connectivity index (χ2n) is 8.70. The molecule has 7 amide bonds. The molecule has 13 nitrogen and oxygen atoms in total. The quantitative estimate of drug-likeness (QED) is 0.149. The Morgan fingerprint density at radius 2 is 1.57 bits per heavy atom. The van der Waals surface area contributed by atoms with Crippen LogP contribution in [-0.2, 0) is 24.0 Å². The molecule has 1 aliphatic rings. The number of imide groups is 1. The first-order valence-electron chi connectivity index (χ1n) is 11.8. The minimum atomic E-state index is -1.000. The summed E-state index contributed by atoms with van der Waals surface area (Å²) < 4.78 is 0. The van der Waals surface area contributed by atoms with E-state index in [1.165, 1.54) is 36.4 Å². The molecule has 0 aromatic heterocycles. The molecule has 37 heavy (non-hydrogen) atoms. The SMILES string of the molecule is CC(C)C(NC(=O)CCN)C(=O)N[C@@H](CCCNC(N)=O)C(=O)Nc1ccc(N2C(=O)C=CC2=O)cc1. The average molecular weight is 516 g/mol. The van der Waals surface area contributed by atoms with Crippen molar-refractivity contribution in [1.82, 2.24) is 16.0 Å². The summed E-state index contributed by atoms with van der Waals surface area (Å²) in [7, 11) is 0. The molecule has 1 heterocycles. The maximum atomic E-state index is 13.1. The Kier molecular flexibility index (Phi) is 10.8. The van der Waals surface area contributed by atoms with Crippen molar-refractivity contribution in [2.75, 3.05) is 23.3 Å². The van der Waals surface area contributed by atoms with Gasteiger partial charge in [-0.05, 0) is 43.0 Å². The largest absolute Gasteiger partial charge is 0.352 e. The van der Waals surface area contributed by atoms with Crippen molar-refractivity contribution in [1.29, 1.82) is 0 Å². The van der Waals surface area contributed by atoms with Gasteiger partial charge < -0.3 is 32.7 Å². The van der Waals surface area contributed by atoms with Gasteiger partial charge in [0.1, 0.15) is 12.1 Å². The number of hydrogen-bond donors (Lipinski definition) is 6. The van der Waals surface area contributed by atoms with E-state index >= 15 is 0 Å². The van der Waals surface area contributed by atoms with Crippen LogP contribution in [0.5, 0.6) is 0 Å². The van der Waals surface area contributed by atoms with Gasteiger partial charge in [0.15, 0.2) is 0 Å². The topological polar surface area (TPSA) is 206 Å². The van der Waals surface area contributed by atoms with Crippen molar-refractivity contribution in [3.05, 3.63) is 36.4 Å². The number of primary amides is 1. The molecule has 0 bridgehead atoms. The van der Waals surface area contributed by atoms with E-state index in [4.69, 9.17) is 11.5 Å². The maximum absolute atomic E-state index is 13.1. The van der Waals surface area contributed by atoms with Gasteiger partial charge in [0.25, 0.3) is 11.8 Å². The van der Waals surface area contributed by atoms with E-state index in [-0.39, 0.29) is 37.8 Å². The predicted molar refractivity (Wildman–Crippen MR) is 136 cm³/mol. The van der Waals surface area contributed by atoms with Crippen LogP contribution in [0.15, 0.2) is 36.4 Å². The van der Waals surface area contributed by atoms with Crippen LogP contribution in [0.25, 0.3) is 0 Å². The standard InChI is InChI=1S/C24H33N7O6/c1-14(2)21(30-18(32)11-12-25)23(36)29-17(4-3-13-27-24(26)37)22(35)28-15-5-7-16(8-6-15)31-19(33)9-10-20(31)34/h5-10,14,17,21H,3-4,11-13,25H2,1-2H3,(H,28,35)(H,29,36)(H,30,32)(H3,26,27,37)/t17-,21?/m0/s1. The number of rotatable bonds is 13. The van der Waals surface area contributed by atoms with Crippen LogP contribution in [0.4, 0.5) is 16.2 Å². The van der Waals surface area contributed by atoms with E-state index in [9.17, 15) is 28.8 Å². The number of nitrogens with zero attached hydrogens (tertiary/aromatic N) is 1. The molecule has 0 saturated carbocycles. The second kappa shape index (κ2) is 13.7. The van der Waals surface area contributed by atoms with Gasteiger partial charge in [-0.25, -0.2) is 9.69 Å². The summed E-state index contributed by atoms with van der Waals surface area (Å²) in [6.07, 6.45) is 2.89. The van der Waals surface area contributed by atoms with Crippen LogP contribution in [0.2, 0.25) is 0 Å². The van der Waals surface area contributed by atoms with E-state index in [0.29, 0.717) is 17.8 Å². The molecule has 0 radical (unpaired) electrons. The number of carbonyl (C=O) groups excluding carboxylic acids is 6. The molecular formula is C24H33N7O6. The highest BCUT2D eigenvalue weighted by Crippen LogP contribution is 2.21. The Morgan fingerprint density at radius 3 is 2.11 bits per heavy atom. The minimum absolute atomic E-state index is 0.0554. The zero-order valence-electron chi connectivity index (χ0n) is 20.8. The number of carbonyl (C=O) groups is 6. The van der Waals surface area contributed by atoms with Crippen molar-refractivity contribution in [3.8, 4) is 0 Å². The molecule has 1 aliphatic heterocycles. The molecule has 1 aromatic rings. The summed E-state index contributed by atoms with van der Waals surface area (Å²) >= 11 is 0. The van der Waals surface area contributed by atoms with Crippen molar-refractivity contribution in [3.63, 3.8) is 0 Å². The molecular weight excluding hydrogens is 482 g/mol. The van der Waals surface area contributed by atoms with E-state index in [1.807, 2.05) is 0 Å². The summed E-state index contributed by atoms with van der Waals surface area (Å²) in [6, 6.07) is 3.45. The summed E-state index contributed by atoms with van der Waals surface area (Å²) in [5.41, 5.74) is 11.2. The zero-order valence-corrected chi connectivity index (χ0v) is 20.8. The fourth-order valence-electron chi connectivity index (χ4n) is 3.54. The third-order valence-corrected chi connectivity index (χ3v) is 5.44. The first kappa shape index (κ1) is 29.0. The van der Waals surface area contributed by atoms with Crippen molar-refractivity contribution < 1.29 is 28.8 Å². The highest BCUT2D eigenvalue weighted by atomic mass is 16.2. The Bertz CT molecular complexity index is 1040. The Labute approximate surface area is 214 Å². The number of amides is 7. The van der Waals surface area contributed by atoms with E-state index < -0.39 is 41.7 Å². The highest BCUT2D eigenvalue weighted by Gasteiger charge is 2.29. The fraction of sp³-hybridized carbons (Fsp3) is 0.417. The zero-order chi connectivity index (χ0) is 27.5. The first-order valence-corrected chi connectivity index (χ1v) is 11.8. The van der Waals surface area contributed by atoms with Gasteiger partial charge in [0.05, 0.1) is 5.69 Å². The van der Waals surface area contributed by atoms with Crippen molar-refractivity contribution in [2.24, 2.45) is 17.4 Å². The van der Waals surface area contributed by atoms with Gasteiger partial charge in [-0.15, -0.1) is 0 Å². The highest BCUT2D eigenvalue weighted by molar-refractivity contribution is 6.28. The normalized spacial score (nSPS) is 14.3. The smallest absolute Gasteiger partial charge is 0.312 e. The molecule has 0 spiro atoms. The van der Waals surface area contributed by atoms with Gasteiger partial charge >= 0.3 is 6.03 Å². The number of hydrogen-bond acceptors (Lipinski definition) is 7. The van der Waals surface area contributed by atoms with E-state index in [2.05, 4.69) is 21.3 Å². The van der Waals surface area contributed by atoms with Crippen molar-refractivity contribution >= 4 is 46.9 Å². The molecule has 8 N–H and O–H groups in total. The van der Waals surface area contributed by atoms with Gasteiger partial charge in [-0.2, -0.15) is 0 Å². The van der Waals surface area contributed by atoms with Crippen LogP contribution < -0.4 is 37.6 Å². The Balaban J connectivity index is 2.11. The lowest BCUT2D eigenvalue weighted by molar-refractivity contribution is -0.132. The number of nitrogens with two attached hydrogens (primary N) is 2. The van der Waals surface area contributed by atoms with Gasteiger partial charge in [0.2, 0.25) is 17.7 Å². The summed E-state index contributed by atoms with van der Waals surface area (Å²) in [5.74, 6) is -2.66. The van der Waals surface area contributed by atoms with Crippen molar-refractivity contribution in [2.45, 2.75) is 45.2 Å². The van der Waals surface area contributed by atoms with Crippen LogP contribution in [0, 0.1) is 5.92 Å². The molecule has 0 fully saturated rings. The average Bonchev–Trinajstić information content (AvgIpc) is 3.17. The third kappa shape index (κ3) is 8.72. The summed E-state index contributed by atoms with van der Waals surface area (Å²) in [6.45, 7) is 3.83. The predicted octanol–water partition coefficient (Wildman–Crippen LogP) is -0.523. The van der Waals surface area contributed by atoms with E-state index in [0.717, 1.165) is 4.90 Å². The first-order chi connectivity index (χ1) is 17.5. The molecule has 1 aromatic carbocycles. The van der Waals surface area contributed by atoms with Crippen LogP contribution in [0.3, 0.4) is 0 Å². The number of nitrogens with one attached hydrogen (secondary N) is 4. The molecule has 200 valence electrons. The van der Waals surface area contributed by atoms with Gasteiger partial charge in [-0.1, -0.05) is 13.8 Å². The third-order valence-electron chi connectivity index (χ3n) is 5.44. The summed E-state index contributed by atoms with van der Waals surface area (Å²) in [5, 5.41) is 10.4. The lowest BCUT2D eigenvalue weighted by Gasteiger charge is -2.25. The number of urea groups is 1. The molecule has 2 atom stereocenters. The summed E-state index contributed by atoms with van der Waals surface area (Å²) in [4.78, 5) is 73.7. The molecule has 13 heteroatoms.